The second-order valence-electron chi connectivity index (χ2n) is 4.31. The van der Waals surface area contributed by atoms with Gasteiger partial charge in [-0.25, -0.2) is 0 Å². The number of hydrogen-bond donors (Lipinski definition) is 2. The van der Waals surface area contributed by atoms with Gasteiger partial charge in [0.05, 0.1) is 17.9 Å². The Bertz CT molecular complexity index is 609. The van der Waals surface area contributed by atoms with E-state index in [1.54, 1.807) is 13.0 Å². The Balaban J connectivity index is 1.69. The van der Waals surface area contributed by atoms with Gasteiger partial charge in [-0.2, -0.15) is 0 Å². The first-order chi connectivity index (χ1) is 9.22. The van der Waals surface area contributed by atoms with E-state index >= 15 is 0 Å². The highest BCUT2D eigenvalue weighted by atomic mass is 16.5. The summed E-state index contributed by atoms with van der Waals surface area (Å²) in [4.78, 5) is 12.0. The monoisotopic (exact) mass is 259 g/mol. The second-order valence-corrected chi connectivity index (χ2v) is 4.31. The Labute approximate surface area is 109 Å². The fraction of sp³-hybridized carbons (Fsp3) is 0.231. The van der Waals surface area contributed by atoms with Crippen LogP contribution in [0.2, 0.25) is 0 Å². The maximum Gasteiger partial charge on any atom is 0.269 e. The van der Waals surface area contributed by atoms with Gasteiger partial charge >= 0.3 is 0 Å². The van der Waals surface area contributed by atoms with Crippen molar-refractivity contribution in [3.63, 3.8) is 0 Å². The highest BCUT2D eigenvalue weighted by Crippen LogP contribution is 2.28. The largest absolute Gasteiger partial charge is 0.477 e. The second kappa shape index (κ2) is 4.64. The smallest absolute Gasteiger partial charge is 0.269 e. The predicted molar refractivity (Wildman–Crippen MR) is 69.2 cm³/mol. The topological polar surface area (TPSA) is 76.4 Å². The summed E-state index contributed by atoms with van der Waals surface area (Å²) in [5.41, 5.74) is 1.60. The number of amides is 1. The quantitative estimate of drug-likeness (QED) is 0.860. The summed E-state index contributed by atoms with van der Waals surface area (Å²) in [6, 6.07) is 9.15. The number of benzene rings is 1. The number of hydrogen-bond acceptors (Lipinski definition) is 5. The van der Waals surface area contributed by atoms with E-state index in [4.69, 9.17) is 9.26 Å². The van der Waals surface area contributed by atoms with Gasteiger partial charge in [0.15, 0.2) is 6.10 Å². The minimum Gasteiger partial charge on any atom is -0.477 e. The summed E-state index contributed by atoms with van der Waals surface area (Å²) >= 11 is 0. The first kappa shape index (κ1) is 11.6. The Kier molecular flexibility index (Phi) is 2.83. The summed E-state index contributed by atoms with van der Waals surface area (Å²) < 4.78 is 10.6. The molecule has 0 aliphatic carbocycles. The molecule has 0 radical (unpaired) electrons. The molecule has 1 atom stereocenters. The molecule has 0 saturated heterocycles. The van der Waals surface area contributed by atoms with Crippen molar-refractivity contribution in [1.82, 2.24) is 5.16 Å². The molecule has 1 aliphatic heterocycles. The number of para-hydroxylation sites is 2. The normalized spacial score (nSPS) is 17.0. The van der Waals surface area contributed by atoms with Gasteiger partial charge in [-0.1, -0.05) is 17.3 Å². The number of aryl methyl sites for hydroxylation is 1. The summed E-state index contributed by atoms with van der Waals surface area (Å²) in [6.07, 6.45) is -0.597. The van der Waals surface area contributed by atoms with E-state index in [0.29, 0.717) is 23.9 Å². The van der Waals surface area contributed by atoms with Crippen LogP contribution in [0, 0.1) is 6.92 Å². The van der Waals surface area contributed by atoms with Crippen LogP contribution < -0.4 is 15.4 Å². The van der Waals surface area contributed by atoms with Crippen molar-refractivity contribution in [1.29, 1.82) is 0 Å². The fourth-order valence-corrected chi connectivity index (χ4v) is 1.88. The van der Waals surface area contributed by atoms with Gasteiger partial charge in [0, 0.05) is 6.07 Å². The van der Waals surface area contributed by atoms with Gasteiger partial charge in [-0.15, -0.1) is 0 Å². The van der Waals surface area contributed by atoms with Crippen molar-refractivity contribution in [2.75, 3.05) is 17.2 Å². The van der Waals surface area contributed by atoms with Crippen LogP contribution >= 0.6 is 0 Å². The standard InChI is InChI=1S/C13H13N3O3/c1-8-6-12(19-16-8)15-13(17)11-7-14-9-4-2-3-5-10(9)18-11/h2-6,11,14H,7H2,1H3,(H,15,17). The van der Waals surface area contributed by atoms with Crippen LogP contribution in [0.5, 0.6) is 5.75 Å². The van der Waals surface area contributed by atoms with Crippen molar-refractivity contribution in [3.05, 3.63) is 36.0 Å². The molecule has 6 nitrogen and oxygen atoms in total. The van der Waals surface area contributed by atoms with Crippen molar-refractivity contribution < 1.29 is 14.1 Å². The highest BCUT2D eigenvalue weighted by molar-refractivity contribution is 5.94. The van der Waals surface area contributed by atoms with Crippen LogP contribution in [0.3, 0.4) is 0 Å². The minimum atomic E-state index is -0.597. The van der Waals surface area contributed by atoms with Crippen molar-refractivity contribution in [2.24, 2.45) is 0 Å². The molecule has 1 aromatic heterocycles. The lowest BCUT2D eigenvalue weighted by Crippen LogP contribution is -2.41. The third-order valence-electron chi connectivity index (χ3n) is 2.80. The molecule has 0 saturated carbocycles. The number of ether oxygens (including phenoxy) is 1. The highest BCUT2D eigenvalue weighted by Gasteiger charge is 2.26. The predicted octanol–water partition coefficient (Wildman–Crippen LogP) is 1.79. The number of carbonyl (C=O) groups is 1. The molecule has 1 aromatic carbocycles. The van der Waals surface area contributed by atoms with Crippen LogP contribution in [-0.2, 0) is 4.79 Å². The van der Waals surface area contributed by atoms with E-state index in [2.05, 4.69) is 15.8 Å². The van der Waals surface area contributed by atoms with Crippen molar-refractivity contribution in [2.45, 2.75) is 13.0 Å². The molecule has 1 unspecified atom stereocenters. The number of fused-ring (bicyclic) bond motifs is 1. The van der Waals surface area contributed by atoms with Crippen molar-refractivity contribution >= 4 is 17.5 Å². The number of nitrogens with one attached hydrogen (secondary N) is 2. The van der Waals surface area contributed by atoms with Gasteiger partial charge in [0.25, 0.3) is 5.91 Å². The maximum absolute atomic E-state index is 12.0. The number of aromatic nitrogens is 1. The van der Waals surface area contributed by atoms with E-state index in [0.717, 1.165) is 5.69 Å². The molecule has 19 heavy (non-hydrogen) atoms. The zero-order chi connectivity index (χ0) is 13.2. The van der Waals surface area contributed by atoms with Crippen LogP contribution in [-0.4, -0.2) is 23.7 Å². The summed E-state index contributed by atoms with van der Waals surface area (Å²) in [5.74, 6) is 0.728. The molecule has 98 valence electrons. The van der Waals surface area contributed by atoms with Crippen LogP contribution in [0.1, 0.15) is 5.69 Å². The van der Waals surface area contributed by atoms with E-state index < -0.39 is 6.10 Å². The summed E-state index contributed by atoms with van der Waals surface area (Å²) in [7, 11) is 0. The molecule has 2 heterocycles. The lowest BCUT2D eigenvalue weighted by molar-refractivity contribution is -0.122. The van der Waals surface area contributed by atoms with E-state index in [9.17, 15) is 4.79 Å². The zero-order valence-electron chi connectivity index (χ0n) is 10.3. The molecule has 0 bridgehead atoms. The Hall–Kier alpha value is -2.50. The zero-order valence-corrected chi connectivity index (χ0v) is 10.3. The molecule has 0 fully saturated rings. The number of nitrogens with zero attached hydrogens (tertiary/aromatic N) is 1. The number of rotatable bonds is 2. The first-order valence-electron chi connectivity index (χ1n) is 5.96. The third-order valence-corrected chi connectivity index (χ3v) is 2.80. The molecule has 2 N–H and O–H groups in total. The Morgan fingerprint density at radius 3 is 3.11 bits per heavy atom. The van der Waals surface area contributed by atoms with E-state index in [-0.39, 0.29) is 5.91 Å². The van der Waals surface area contributed by atoms with Crippen molar-refractivity contribution in [3.8, 4) is 5.75 Å². The van der Waals surface area contributed by atoms with Crippen LogP contribution in [0.15, 0.2) is 34.9 Å². The molecule has 6 heteroatoms. The average molecular weight is 259 g/mol. The van der Waals surface area contributed by atoms with Gasteiger partial charge in [0.1, 0.15) is 5.75 Å². The lowest BCUT2D eigenvalue weighted by Gasteiger charge is -2.25. The van der Waals surface area contributed by atoms with E-state index in [1.165, 1.54) is 0 Å². The average Bonchev–Trinajstić information content (AvgIpc) is 2.83. The third kappa shape index (κ3) is 2.37. The molecule has 1 amide bonds. The lowest BCUT2D eigenvalue weighted by atomic mass is 10.2. The van der Waals surface area contributed by atoms with Crippen LogP contribution in [0.25, 0.3) is 0 Å². The minimum absolute atomic E-state index is 0.266. The Morgan fingerprint density at radius 1 is 1.47 bits per heavy atom. The maximum atomic E-state index is 12.0. The molecule has 3 rings (SSSR count). The SMILES string of the molecule is Cc1cc(NC(=O)C2CNc3ccccc3O2)on1. The fourth-order valence-electron chi connectivity index (χ4n) is 1.88. The number of carbonyl (C=O) groups excluding carboxylic acids is 1. The molecule has 1 aliphatic rings. The molecule has 0 spiro atoms. The molecule has 2 aromatic rings. The first-order valence-corrected chi connectivity index (χ1v) is 5.96. The van der Waals surface area contributed by atoms with E-state index in [1.807, 2.05) is 24.3 Å². The number of anilines is 2. The van der Waals surface area contributed by atoms with Gasteiger partial charge < -0.3 is 14.6 Å². The summed E-state index contributed by atoms with van der Waals surface area (Å²) in [5, 5.41) is 9.49. The summed E-state index contributed by atoms with van der Waals surface area (Å²) in [6.45, 7) is 2.20. The van der Waals surface area contributed by atoms with Gasteiger partial charge in [-0.3, -0.25) is 10.1 Å². The van der Waals surface area contributed by atoms with Gasteiger partial charge in [-0.05, 0) is 19.1 Å². The molecular formula is C13H13N3O3. The van der Waals surface area contributed by atoms with Gasteiger partial charge in [0.2, 0.25) is 5.88 Å². The molecular weight excluding hydrogens is 246 g/mol. The van der Waals surface area contributed by atoms with Crippen LogP contribution in [0.4, 0.5) is 11.6 Å². The Morgan fingerprint density at radius 2 is 2.32 bits per heavy atom.